The van der Waals surface area contributed by atoms with Crippen molar-refractivity contribution >= 4 is 28.0 Å². The predicted octanol–water partition coefficient (Wildman–Crippen LogP) is 5.12. The van der Waals surface area contributed by atoms with Gasteiger partial charge in [0.05, 0.1) is 11.4 Å². The van der Waals surface area contributed by atoms with Crippen LogP contribution in [0.25, 0.3) is 16.6 Å². The SMILES string of the molecule is C=C1CCc2ccc(NC(=C)c3cc4ccccc4[nH]3)cc2N1. The van der Waals surface area contributed by atoms with Crippen LogP contribution < -0.4 is 10.6 Å². The van der Waals surface area contributed by atoms with Gasteiger partial charge in [-0.15, -0.1) is 0 Å². The normalized spacial score (nSPS) is 13.5. The molecule has 1 aliphatic rings. The standard InChI is InChI=1S/C20H19N3/c1-13-7-8-15-9-10-17(12-20(15)21-13)22-14(2)19-11-16-5-3-4-6-18(16)23-19/h3-6,9-12,21-23H,1-2,7-8H2. The minimum Gasteiger partial charge on any atom is -0.359 e. The molecule has 0 unspecified atom stereocenters. The fourth-order valence-electron chi connectivity index (χ4n) is 3.00. The number of hydrogen-bond acceptors (Lipinski definition) is 2. The Morgan fingerprint density at radius 1 is 1.04 bits per heavy atom. The first-order valence-corrected chi connectivity index (χ1v) is 7.81. The summed E-state index contributed by atoms with van der Waals surface area (Å²) in [5.74, 6) is 0. The van der Waals surface area contributed by atoms with Crippen molar-refractivity contribution in [1.29, 1.82) is 0 Å². The Labute approximate surface area is 135 Å². The molecular formula is C20H19N3. The number of H-pyrrole nitrogens is 1. The summed E-state index contributed by atoms with van der Waals surface area (Å²) in [6, 6.07) is 16.7. The number of para-hydroxylation sites is 1. The van der Waals surface area contributed by atoms with E-state index >= 15 is 0 Å². The van der Waals surface area contributed by atoms with E-state index in [2.05, 4.69) is 65.2 Å². The molecule has 3 N–H and O–H groups in total. The van der Waals surface area contributed by atoms with Crippen LogP contribution in [-0.4, -0.2) is 4.98 Å². The van der Waals surface area contributed by atoms with Gasteiger partial charge in [-0.25, -0.2) is 0 Å². The highest BCUT2D eigenvalue weighted by Crippen LogP contribution is 2.30. The van der Waals surface area contributed by atoms with Crippen molar-refractivity contribution in [2.45, 2.75) is 12.8 Å². The van der Waals surface area contributed by atoms with E-state index < -0.39 is 0 Å². The highest BCUT2D eigenvalue weighted by atomic mass is 14.9. The smallest absolute Gasteiger partial charge is 0.0624 e. The third-order valence-electron chi connectivity index (χ3n) is 4.27. The van der Waals surface area contributed by atoms with Gasteiger partial charge >= 0.3 is 0 Å². The van der Waals surface area contributed by atoms with Crippen LogP contribution in [0.1, 0.15) is 17.7 Å². The van der Waals surface area contributed by atoms with Crippen molar-refractivity contribution in [3.63, 3.8) is 0 Å². The third-order valence-corrected chi connectivity index (χ3v) is 4.27. The van der Waals surface area contributed by atoms with E-state index in [-0.39, 0.29) is 0 Å². The van der Waals surface area contributed by atoms with Crippen LogP contribution in [0, 0.1) is 0 Å². The maximum Gasteiger partial charge on any atom is 0.0624 e. The van der Waals surface area contributed by atoms with Crippen LogP contribution in [0.3, 0.4) is 0 Å². The molecule has 0 bridgehead atoms. The number of hydrogen-bond donors (Lipinski definition) is 3. The summed E-state index contributed by atoms with van der Waals surface area (Å²) in [5.41, 5.74) is 7.54. The molecule has 4 rings (SSSR count). The first-order valence-electron chi connectivity index (χ1n) is 7.81. The van der Waals surface area contributed by atoms with Crippen molar-refractivity contribution < 1.29 is 0 Å². The molecule has 2 heterocycles. The Morgan fingerprint density at radius 2 is 1.91 bits per heavy atom. The molecule has 0 amide bonds. The summed E-state index contributed by atoms with van der Waals surface area (Å²) in [4.78, 5) is 3.39. The van der Waals surface area contributed by atoms with Gasteiger partial charge in [-0.3, -0.25) is 0 Å². The quantitative estimate of drug-likeness (QED) is 0.628. The largest absolute Gasteiger partial charge is 0.359 e. The minimum atomic E-state index is 0.857. The maximum atomic E-state index is 4.16. The first kappa shape index (κ1) is 13.7. The summed E-state index contributed by atoms with van der Waals surface area (Å²) in [6.07, 6.45) is 2.05. The number of aromatic amines is 1. The van der Waals surface area contributed by atoms with Gasteiger partial charge < -0.3 is 15.6 Å². The second-order valence-electron chi connectivity index (χ2n) is 5.97. The lowest BCUT2D eigenvalue weighted by atomic mass is 10.0. The molecule has 1 aliphatic heterocycles. The average molecular weight is 301 g/mol. The molecule has 3 heteroatoms. The zero-order valence-electron chi connectivity index (χ0n) is 12.9. The number of aromatic nitrogens is 1. The fourth-order valence-corrected chi connectivity index (χ4v) is 3.00. The van der Waals surface area contributed by atoms with Crippen LogP contribution >= 0.6 is 0 Å². The van der Waals surface area contributed by atoms with E-state index in [4.69, 9.17) is 0 Å². The second kappa shape index (κ2) is 5.36. The number of nitrogens with one attached hydrogen (secondary N) is 3. The summed E-state index contributed by atoms with van der Waals surface area (Å²) in [7, 11) is 0. The molecule has 23 heavy (non-hydrogen) atoms. The predicted molar refractivity (Wildman–Crippen MR) is 98.5 cm³/mol. The van der Waals surface area contributed by atoms with Gasteiger partial charge in [0, 0.05) is 28.0 Å². The lowest BCUT2D eigenvalue weighted by Crippen LogP contribution is -2.09. The van der Waals surface area contributed by atoms with Gasteiger partial charge in [0.2, 0.25) is 0 Å². The summed E-state index contributed by atoms with van der Waals surface area (Å²) in [5, 5.41) is 7.94. The number of allylic oxidation sites excluding steroid dienone is 1. The zero-order valence-corrected chi connectivity index (χ0v) is 12.9. The van der Waals surface area contributed by atoms with Crippen molar-refractivity contribution in [3.05, 3.63) is 78.6 Å². The lowest BCUT2D eigenvalue weighted by molar-refractivity contribution is 0.919. The number of aryl methyl sites for hydroxylation is 1. The van der Waals surface area contributed by atoms with Crippen molar-refractivity contribution in [2.75, 3.05) is 10.6 Å². The van der Waals surface area contributed by atoms with Gasteiger partial charge in [0.1, 0.15) is 0 Å². The molecule has 2 aromatic carbocycles. The number of rotatable bonds is 3. The molecule has 3 aromatic rings. The molecule has 0 radical (unpaired) electrons. The number of anilines is 2. The molecule has 0 spiro atoms. The van der Waals surface area contributed by atoms with Gasteiger partial charge in [0.25, 0.3) is 0 Å². The Bertz CT molecular complexity index is 885. The molecule has 0 atom stereocenters. The van der Waals surface area contributed by atoms with E-state index in [0.717, 1.165) is 46.8 Å². The van der Waals surface area contributed by atoms with Crippen LogP contribution in [0.15, 0.2) is 67.4 Å². The topological polar surface area (TPSA) is 39.9 Å². The Balaban J connectivity index is 1.58. The number of benzene rings is 2. The van der Waals surface area contributed by atoms with Crippen LogP contribution in [0.4, 0.5) is 11.4 Å². The molecule has 0 aliphatic carbocycles. The Kier molecular flexibility index (Phi) is 3.19. The summed E-state index contributed by atoms with van der Waals surface area (Å²) in [6.45, 7) is 8.18. The Hall–Kier alpha value is -2.94. The van der Waals surface area contributed by atoms with E-state index in [0.29, 0.717) is 0 Å². The summed E-state index contributed by atoms with van der Waals surface area (Å²) < 4.78 is 0. The molecule has 0 saturated heterocycles. The van der Waals surface area contributed by atoms with Crippen molar-refractivity contribution in [1.82, 2.24) is 4.98 Å². The molecular weight excluding hydrogens is 282 g/mol. The Morgan fingerprint density at radius 3 is 2.78 bits per heavy atom. The van der Waals surface area contributed by atoms with Crippen molar-refractivity contribution in [2.24, 2.45) is 0 Å². The molecule has 1 aromatic heterocycles. The van der Waals surface area contributed by atoms with Crippen molar-refractivity contribution in [3.8, 4) is 0 Å². The fraction of sp³-hybridized carbons (Fsp3) is 0.100. The monoisotopic (exact) mass is 301 g/mol. The minimum absolute atomic E-state index is 0.857. The van der Waals surface area contributed by atoms with Gasteiger partial charge in [-0.1, -0.05) is 37.4 Å². The maximum absolute atomic E-state index is 4.16. The highest BCUT2D eigenvalue weighted by molar-refractivity contribution is 5.86. The molecule has 3 nitrogen and oxygen atoms in total. The van der Waals surface area contributed by atoms with E-state index in [9.17, 15) is 0 Å². The highest BCUT2D eigenvalue weighted by Gasteiger charge is 2.12. The second-order valence-corrected chi connectivity index (χ2v) is 5.97. The van der Waals surface area contributed by atoms with Gasteiger partial charge in [-0.2, -0.15) is 0 Å². The molecule has 114 valence electrons. The molecule has 0 saturated carbocycles. The lowest BCUT2D eigenvalue weighted by Gasteiger charge is -2.21. The third kappa shape index (κ3) is 2.61. The van der Waals surface area contributed by atoms with Gasteiger partial charge in [0.15, 0.2) is 0 Å². The average Bonchev–Trinajstić information content (AvgIpc) is 2.98. The molecule has 0 fully saturated rings. The first-order chi connectivity index (χ1) is 11.2. The van der Waals surface area contributed by atoms with Gasteiger partial charge in [-0.05, 0) is 42.7 Å². The van der Waals surface area contributed by atoms with E-state index in [1.54, 1.807) is 0 Å². The number of fused-ring (bicyclic) bond motifs is 2. The van der Waals surface area contributed by atoms with E-state index in [1.807, 2.05) is 12.1 Å². The summed E-state index contributed by atoms with van der Waals surface area (Å²) >= 11 is 0. The van der Waals surface area contributed by atoms with Crippen LogP contribution in [0.2, 0.25) is 0 Å². The van der Waals surface area contributed by atoms with E-state index in [1.165, 1.54) is 10.9 Å². The zero-order chi connectivity index (χ0) is 15.8. The van der Waals surface area contributed by atoms with Crippen LogP contribution in [0.5, 0.6) is 0 Å². The van der Waals surface area contributed by atoms with Crippen LogP contribution in [-0.2, 0) is 6.42 Å².